The second-order valence-electron chi connectivity index (χ2n) is 6.81. The maximum absolute atomic E-state index is 11.8. The second-order valence-corrected chi connectivity index (χ2v) is 6.81. The van der Waals surface area contributed by atoms with E-state index in [9.17, 15) is 4.79 Å². The molecule has 1 amide bonds. The van der Waals surface area contributed by atoms with E-state index in [0.717, 1.165) is 31.3 Å². The van der Waals surface area contributed by atoms with Crippen molar-refractivity contribution in [2.24, 2.45) is 11.8 Å². The first-order valence-electron chi connectivity index (χ1n) is 8.37. The number of furan rings is 1. The van der Waals surface area contributed by atoms with E-state index in [1.165, 1.54) is 18.4 Å². The second kappa shape index (κ2) is 7.32. The molecule has 0 radical (unpaired) electrons. The maximum atomic E-state index is 11.8. The summed E-state index contributed by atoms with van der Waals surface area (Å²) >= 11 is 0. The first-order chi connectivity index (χ1) is 11.2. The normalized spacial score (nSPS) is 25.7. The number of carbonyl (C=O) groups excluding carboxylic acids is 1. The summed E-state index contributed by atoms with van der Waals surface area (Å²) in [4.78, 5) is 14.3. The van der Waals surface area contributed by atoms with Gasteiger partial charge < -0.3 is 14.5 Å². The Morgan fingerprint density at radius 1 is 1.48 bits per heavy atom. The Balaban J connectivity index is 1.57. The number of nitrogens with zero attached hydrogens (tertiary/aromatic N) is 1. The quantitative estimate of drug-likeness (QED) is 0.837. The smallest absolute Gasteiger partial charge is 0.246 e. The molecule has 1 saturated carbocycles. The minimum atomic E-state index is -0.00662. The predicted octanol–water partition coefficient (Wildman–Crippen LogP) is 2.16. The fourth-order valence-electron chi connectivity index (χ4n) is 3.59. The third-order valence-electron chi connectivity index (χ3n) is 4.69. The summed E-state index contributed by atoms with van der Waals surface area (Å²) in [6, 6.07) is 4.12. The Labute approximate surface area is 137 Å². The number of hydrogen-bond donors (Lipinski definition) is 1. The highest BCUT2D eigenvalue weighted by molar-refractivity contribution is 5.77. The van der Waals surface area contributed by atoms with Crippen LogP contribution in [0, 0.1) is 11.8 Å². The molecule has 0 aromatic carbocycles. The lowest BCUT2D eigenvalue weighted by Gasteiger charge is -2.19. The molecule has 1 aliphatic carbocycles. The lowest BCUT2D eigenvalue weighted by molar-refractivity contribution is -0.125. The minimum absolute atomic E-state index is 0.00662. The van der Waals surface area contributed by atoms with Gasteiger partial charge in [-0.2, -0.15) is 0 Å². The van der Waals surface area contributed by atoms with E-state index in [2.05, 4.69) is 23.2 Å². The Morgan fingerprint density at radius 3 is 2.96 bits per heavy atom. The molecule has 2 fully saturated rings. The highest BCUT2D eigenvalue weighted by Gasteiger charge is 2.42. The number of rotatable bonds is 7. The van der Waals surface area contributed by atoms with Gasteiger partial charge >= 0.3 is 0 Å². The van der Waals surface area contributed by atoms with E-state index in [1.807, 2.05) is 12.1 Å². The summed E-state index contributed by atoms with van der Waals surface area (Å²) in [6.07, 6.45) is 6.38. The van der Waals surface area contributed by atoms with E-state index in [4.69, 9.17) is 9.15 Å². The van der Waals surface area contributed by atoms with Crippen LogP contribution >= 0.6 is 0 Å². The molecule has 1 aromatic heterocycles. The van der Waals surface area contributed by atoms with Gasteiger partial charge in [-0.25, -0.2) is 0 Å². The van der Waals surface area contributed by atoms with Crippen molar-refractivity contribution in [3.8, 4) is 0 Å². The zero-order valence-electron chi connectivity index (χ0n) is 14.0. The largest absolute Gasteiger partial charge is 0.465 e. The third kappa shape index (κ3) is 4.45. The van der Waals surface area contributed by atoms with Crippen LogP contribution < -0.4 is 5.32 Å². The molecule has 5 nitrogen and oxygen atoms in total. The van der Waals surface area contributed by atoms with Crippen LogP contribution in [0.5, 0.6) is 0 Å². The number of nitrogens with one attached hydrogen (secondary N) is 1. The maximum Gasteiger partial charge on any atom is 0.246 e. The SMILES string of the molecule is COCC(=O)N[C@@H]1CN(C/C(C)=C/c2ccco2)C[C@H]1C1CC1. The number of hydrogen-bond acceptors (Lipinski definition) is 4. The van der Waals surface area contributed by atoms with Gasteiger partial charge in [0.1, 0.15) is 12.4 Å². The molecule has 0 spiro atoms. The summed E-state index contributed by atoms with van der Waals surface area (Å²) in [5.74, 6) is 2.24. The molecule has 2 atom stereocenters. The lowest BCUT2D eigenvalue weighted by Crippen LogP contribution is -2.42. The van der Waals surface area contributed by atoms with Crippen molar-refractivity contribution < 1.29 is 13.9 Å². The van der Waals surface area contributed by atoms with E-state index in [-0.39, 0.29) is 18.6 Å². The summed E-state index contributed by atoms with van der Waals surface area (Å²) in [5, 5.41) is 3.16. The molecule has 2 aliphatic rings. The summed E-state index contributed by atoms with van der Waals surface area (Å²) in [7, 11) is 1.56. The topological polar surface area (TPSA) is 54.7 Å². The van der Waals surface area contributed by atoms with Gasteiger partial charge in [0, 0.05) is 32.8 Å². The van der Waals surface area contributed by atoms with Crippen LogP contribution in [0.4, 0.5) is 0 Å². The van der Waals surface area contributed by atoms with E-state index in [1.54, 1.807) is 13.4 Å². The Morgan fingerprint density at radius 2 is 2.30 bits per heavy atom. The van der Waals surface area contributed by atoms with Gasteiger partial charge in [0.2, 0.25) is 5.91 Å². The zero-order valence-corrected chi connectivity index (χ0v) is 14.0. The fraction of sp³-hybridized carbons (Fsp3) is 0.611. The average Bonchev–Trinajstić information content (AvgIpc) is 3.08. The number of amides is 1. The van der Waals surface area contributed by atoms with Gasteiger partial charge in [-0.3, -0.25) is 9.69 Å². The van der Waals surface area contributed by atoms with Gasteiger partial charge in [0.05, 0.1) is 6.26 Å². The fourth-order valence-corrected chi connectivity index (χ4v) is 3.59. The predicted molar refractivity (Wildman–Crippen MR) is 88.8 cm³/mol. The van der Waals surface area contributed by atoms with Crippen LogP contribution in [-0.2, 0) is 9.53 Å². The Bertz CT molecular complexity index is 549. The third-order valence-corrected chi connectivity index (χ3v) is 4.69. The molecule has 1 saturated heterocycles. The van der Waals surface area contributed by atoms with Gasteiger partial charge in [0.25, 0.3) is 0 Å². The van der Waals surface area contributed by atoms with Crippen molar-refractivity contribution in [2.45, 2.75) is 25.8 Å². The highest BCUT2D eigenvalue weighted by Crippen LogP contribution is 2.41. The van der Waals surface area contributed by atoms with Crippen LogP contribution in [0.3, 0.4) is 0 Å². The van der Waals surface area contributed by atoms with Crippen molar-refractivity contribution in [3.63, 3.8) is 0 Å². The summed E-state index contributed by atoms with van der Waals surface area (Å²) in [6.45, 7) is 5.17. The van der Waals surface area contributed by atoms with Crippen molar-refractivity contribution >= 4 is 12.0 Å². The van der Waals surface area contributed by atoms with E-state index < -0.39 is 0 Å². The van der Waals surface area contributed by atoms with Gasteiger partial charge in [-0.15, -0.1) is 0 Å². The number of likely N-dealkylation sites (tertiary alicyclic amines) is 1. The minimum Gasteiger partial charge on any atom is -0.465 e. The average molecular weight is 318 g/mol. The molecule has 0 bridgehead atoms. The molecule has 3 rings (SSSR count). The molecule has 0 unspecified atom stereocenters. The number of carbonyl (C=O) groups is 1. The molecule has 2 heterocycles. The molecule has 1 aromatic rings. The molecule has 1 N–H and O–H groups in total. The monoisotopic (exact) mass is 318 g/mol. The molecule has 23 heavy (non-hydrogen) atoms. The van der Waals surface area contributed by atoms with Crippen LogP contribution in [-0.4, -0.2) is 50.2 Å². The molecule has 1 aliphatic heterocycles. The van der Waals surface area contributed by atoms with E-state index in [0.29, 0.717) is 5.92 Å². The van der Waals surface area contributed by atoms with E-state index >= 15 is 0 Å². The van der Waals surface area contributed by atoms with Crippen molar-refractivity contribution in [1.29, 1.82) is 0 Å². The number of ether oxygens (including phenoxy) is 1. The molecular weight excluding hydrogens is 292 g/mol. The van der Waals surface area contributed by atoms with Crippen molar-refractivity contribution in [3.05, 3.63) is 29.7 Å². The Kier molecular flexibility index (Phi) is 5.18. The van der Waals surface area contributed by atoms with Crippen LogP contribution in [0.25, 0.3) is 6.08 Å². The summed E-state index contributed by atoms with van der Waals surface area (Å²) < 4.78 is 10.3. The lowest BCUT2D eigenvalue weighted by atomic mass is 9.98. The summed E-state index contributed by atoms with van der Waals surface area (Å²) in [5.41, 5.74) is 1.28. The van der Waals surface area contributed by atoms with Crippen LogP contribution in [0.15, 0.2) is 28.4 Å². The van der Waals surface area contributed by atoms with Crippen LogP contribution in [0.1, 0.15) is 25.5 Å². The first-order valence-corrected chi connectivity index (χ1v) is 8.37. The number of methoxy groups -OCH3 is 1. The molecular formula is C18H26N2O3. The molecule has 5 heteroatoms. The van der Waals surface area contributed by atoms with Gasteiger partial charge in [-0.1, -0.05) is 5.57 Å². The zero-order chi connectivity index (χ0) is 16.2. The standard InChI is InChI=1S/C18H26N2O3/c1-13(8-15-4-3-7-23-15)9-20-10-16(14-5-6-14)17(11-20)19-18(21)12-22-2/h3-4,7-8,14,16-17H,5-6,9-12H2,1-2H3,(H,19,21)/b13-8+/t16-,17+/m0/s1. The van der Waals surface area contributed by atoms with Gasteiger partial charge in [-0.05, 0) is 49.8 Å². The Hall–Kier alpha value is -1.59. The van der Waals surface area contributed by atoms with Gasteiger partial charge in [0.15, 0.2) is 0 Å². The highest BCUT2D eigenvalue weighted by atomic mass is 16.5. The first kappa shape index (κ1) is 16.3. The molecule has 126 valence electrons. The van der Waals surface area contributed by atoms with Crippen molar-refractivity contribution in [2.75, 3.05) is 33.4 Å². The van der Waals surface area contributed by atoms with Crippen molar-refractivity contribution in [1.82, 2.24) is 10.2 Å². The van der Waals surface area contributed by atoms with Crippen LogP contribution in [0.2, 0.25) is 0 Å².